The third kappa shape index (κ3) is 3.82. The van der Waals surface area contributed by atoms with Gasteiger partial charge in [-0.15, -0.1) is 0 Å². The van der Waals surface area contributed by atoms with Crippen molar-refractivity contribution in [1.82, 2.24) is 10.2 Å². The molecule has 1 atom stereocenters. The van der Waals surface area contributed by atoms with Crippen molar-refractivity contribution in [2.75, 3.05) is 19.6 Å². The number of carbonyl (C=O) groups is 1. The number of carbonyl (C=O) groups excluding carboxylic acids is 1. The lowest BCUT2D eigenvalue weighted by molar-refractivity contribution is 0.0923. The van der Waals surface area contributed by atoms with Gasteiger partial charge in [0.15, 0.2) is 0 Å². The number of nitrogens with one attached hydrogen (secondary N) is 1. The smallest absolute Gasteiger partial charge is 0.254 e. The number of likely N-dealkylation sites (tertiary alicyclic amines) is 1. The van der Waals surface area contributed by atoms with Crippen molar-refractivity contribution < 1.29 is 9.21 Å². The van der Waals surface area contributed by atoms with Crippen LogP contribution in [0.5, 0.6) is 0 Å². The molecule has 1 aromatic heterocycles. The van der Waals surface area contributed by atoms with Gasteiger partial charge in [-0.2, -0.15) is 0 Å². The molecule has 1 saturated heterocycles. The normalized spacial score (nSPS) is 16.9. The molecule has 0 spiro atoms. The van der Waals surface area contributed by atoms with Gasteiger partial charge in [-0.3, -0.25) is 9.69 Å². The molecule has 23 heavy (non-hydrogen) atoms. The van der Waals surface area contributed by atoms with Crippen LogP contribution in [0.3, 0.4) is 0 Å². The highest BCUT2D eigenvalue weighted by Crippen LogP contribution is 2.24. The second-order valence-electron chi connectivity index (χ2n) is 6.12. The Hall–Kier alpha value is -2.07. The van der Waals surface area contributed by atoms with E-state index in [-0.39, 0.29) is 11.9 Å². The zero-order valence-electron chi connectivity index (χ0n) is 13.6. The molecule has 1 aromatic carbocycles. The monoisotopic (exact) mass is 312 g/mol. The lowest BCUT2D eigenvalue weighted by Crippen LogP contribution is -2.40. The fourth-order valence-corrected chi connectivity index (χ4v) is 3.27. The van der Waals surface area contributed by atoms with Crippen LogP contribution in [0.25, 0.3) is 0 Å². The summed E-state index contributed by atoms with van der Waals surface area (Å²) in [5, 5.41) is 3.08. The molecule has 122 valence electrons. The summed E-state index contributed by atoms with van der Waals surface area (Å²) in [6.45, 7) is 4.63. The van der Waals surface area contributed by atoms with E-state index in [9.17, 15) is 4.79 Å². The van der Waals surface area contributed by atoms with E-state index in [1.54, 1.807) is 12.3 Å². The Morgan fingerprint density at radius 1 is 1.17 bits per heavy atom. The molecule has 1 fully saturated rings. The first kappa shape index (κ1) is 15.8. The van der Waals surface area contributed by atoms with Gasteiger partial charge in [-0.1, -0.05) is 36.8 Å². The minimum Gasteiger partial charge on any atom is -0.469 e. The van der Waals surface area contributed by atoms with Crippen LogP contribution in [0, 0.1) is 6.92 Å². The molecular formula is C19H24N2O2. The summed E-state index contributed by atoms with van der Waals surface area (Å²) in [5.41, 5.74) is 1.88. The summed E-state index contributed by atoms with van der Waals surface area (Å²) in [6.07, 6.45) is 5.33. The van der Waals surface area contributed by atoms with E-state index in [1.807, 2.05) is 13.0 Å². The van der Waals surface area contributed by atoms with E-state index in [0.29, 0.717) is 17.9 Å². The summed E-state index contributed by atoms with van der Waals surface area (Å²) in [7, 11) is 0. The fourth-order valence-electron chi connectivity index (χ4n) is 3.27. The van der Waals surface area contributed by atoms with Crippen molar-refractivity contribution in [3.05, 3.63) is 59.5 Å². The van der Waals surface area contributed by atoms with Crippen LogP contribution in [0.2, 0.25) is 0 Å². The first-order valence-corrected chi connectivity index (χ1v) is 8.37. The molecule has 0 saturated carbocycles. The predicted molar refractivity (Wildman–Crippen MR) is 90.4 cm³/mol. The van der Waals surface area contributed by atoms with E-state index in [2.05, 4.69) is 34.5 Å². The van der Waals surface area contributed by atoms with Gasteiger partial charge in [-0.05, 0) is 44.5 Å². The Morgan fingerprint density at radius 3 is 2.57 bits per heavy atom. The van der Waals surface area contributed by atoms with Crippen LogP contribution in [0.1, 0.15) is 47.0 Å². The Morgan fingerprint density at radius 2 is 1.91 bits per heavy atom. The Balaban J connectivity index is 1.71. The SMILES string of the molecule is Cc1occc1C(=O)NCC(c1ccccc1)N1CCCCC1. The van der Waals surface area contributed by atoms with Crippen LogP contribution in [-0.2, 0) is 0 Å². The molecule has 0 radical (unpaired) electrons. The first-order valence-electron chi connectivity index (χ1n) is 8.37. The Kier molecular flexibility index (Phi) is 5.13. The van der Waals surface area contributed by atoms with Crippen LogP contribution < -0.4 is 5.32 Å². The minimum absolute atomic E-state index is 0.0609. The third-order valence-corrected chi connectivity index (χ3v) is 4.58. The van der Waals surface area contributed by atoms with Gasteiger partial charge in [0.2, 0.25) is 0 Å². The van der Waals surface area contributed by atoms with E-state index < -0.39 is 0 Å². The zero-order valence-corrected chi connectivity index (χ0v) is 13.6. The molecule has 1 unspecified atom stereocenters. The highest BCUT2D eigenvalue weighted by molar-refractivity contribution is 5.95. The number of hydrogen-bond donors (Lipinski definition) is 1. The van der Waals surface area contributed by atoms with Gasteiger partial charge in [0.05, 0.1) is 17.9 Å². The minimum atomic E-state index is -0.0609. The fraction of sp³-hybridized carbons (Fsp3) is 0.421. The van der Waals surface area contributed by atoms with Crippen LogP contribution in [0.15, 0.2) is 47.1 Å². The number of nitrogens with zero attached hydrogens (tertiary/aromatic N) is 1. The Bertz CT molecular complexity index is 630. The van der Waals surface area contributed by atoms with Gasteiger partial charge >= 0.3 is 0 Å². The van der Waals surface area contributed by atoms with Crippen LogP contribution in [0.4, 0.5) is 0 Å². The highest BCUT2D eigenvalue weighted by Gasteiger charge is 2.23. The van der Waals surface area contributed by atoms with Crippen LogP contribution >= 0.6 is 0 Å². The van der Waals surface area contributed by atoms with E-state index in [4.69, 9.17) is 4.42 Å². The first-order chi connectivity index (χ1) is 11.3. The molecule has 0 bridgehead atoms. The highest BCUT2D eigenvalue weighted by atomic mass is 16.3. The standard InChI is InChI=1S/C19H24N2O2/c1-15-17(10-13-23-15)19(22)20-14-18(16-8-4-2-5-9-16)21-11-6-3-7-12-21/h2,4-5,8-10,13,18H,3,6-7,11-12,14H2,1H3,(H,20,22). The van der Waals surface area contributed by atoms with Crippen LogP contribution in [-0.4, -0.2) is 30.4 Å². The molecule has 1 amide bonds. The van der Waals surface area contributed by atoms with Gasteiger partial charge in [0.25, 0.3) is 5.91 Å². The number of amides is 1. The molecule has 1 N–H and O–H groups in total. The number of hydrogen-bond acceptors (Lipinski definition) is 3. The maximum absolute atomic E-state index is 12.4. The summed E-state index contributed by atoms with van der Waals surface area (Å²) >= 11 is 0. The largest absolute Gasteiger partial charge is 0.469 e. The number of rotatable bonds is 5. The lowest BCUT2D eigenvalue weighted by Gasteiger charge is -2.35. The summed E-state index contributed by atoms with van der Waals surface area (Å²) < 4.78 is 5.22. The second kappa shape index (κ2) is 7.47. The number of aryl methyl sites for hydroxylation is 1. The van der Waals surface area contributed by atoms with Gasteiger partial charge in [0, 0.05) is 6.54 Å². The summed E-state index contributed by atoms with van der Waals surface area (Å²) in [5.74, 6) is 0.603. The van der Waals surface area contributed by atoms with E-state index in [1.165, 1.54) is 24.8 Å². The molecule has 4 nitrogen and oxygen atoms in total. The van der Waals surface area contributed by atoms with Crippen molar-refractivity contribution >= 4 is 5.91 Å². The molecule has 2 aromatic rings. The maximum atomic E-state index is 12.4. The Labute approximate surface area is 137 Å². The molecule has 0 aliphatic carbocycles. The number of benzene rings is 1. The molecule has 2 heterocycles. The average molecular weight is 312 g/mol. The third-order valence-electron chi connectivity index (χ3n) is 4.58. The quantitative estimate of drug-likeness (QED) is 0.918. The molecule has 4 heteroatoms. The van der Waals surface area contributed by atoms with Crippen molar-refractivity contribution in [2.24, 2.45) is 0 Å². The van der Waals surface area contributed by atoms with Gasteiger partial charge in [-0.25, -0.2) is 0 Å². The van der Waals surface area contributed by atoms with Crippen molar-refractivity contribution in [3.63, 3.8) is 0 Å². The van der Waals surface area contributed by atoms with Gasteiger partial charge < -0.3 is 9.73 Å². The molecule has 1 aliphatic heterocycles. The average Bonchev–Trinajstić information content (AvgIpc) is 3.03. The number of furan rings is 1. The van der Waals surface area contributed by atoms with Gasteiger partial charge in [0.1, 0.15) is 5.76 Å². The second-order valence-corrected chi connectivity index (χ2v) is 6.12. The van der Waals surface area contributed by atoms with Crippen molar-refractivity contribution in [2.45, 2.75) is 32.2 Å². The van der Waals surface area contributed by atoms with E-state index in [0.717, 1.165) is 13.1 Å². The van der Waals surface area contributed by atoms with Crippen molar-refractivity contribution in [1.29, 1.82) is 0 Å². The summed E-state index contributed by atoms with van der Waals surface area (Å²) in [4.78, 5) is 14.8. The summed E-state index contributed by atoms with van der Waals surface area (Å²) in [6, 6.07) is 12.4. The lowest BCUT2D eigenvalue weighted by atomic mass is 10.0. The predicted octanol–water partition coefficient (Wildman–Crippen LogP) is 3.55. The maximum Gasteiger partial charge on any atom is 0.254 e. The zero-order chi connectivity index (χ0) is 16.1. The molecule has 3 rings (SSSR count). The molecular weight excluding hydrogens is 288 g/mol. The van der Waals surface area contributed by atoms with E-state index >= 15 is 0 Å². The topological polar surface area (TPSA) is 45.5 Å². The molecule has 1 aliphatic rings. The van der Waals surface area contributed by atoms with Crippen molar-refractivity contribution in [3.8, 4) is 0 Å². The number of piperidine rings is 1.